The summed E-state index contributed by atoms with van der Waals surface area (Å²) in [4.78, 5) is 27.7. The predicted octanol–water partition coefficient (Wildman–Crippen LogP) is 5.86. The van der Waals surface area contributed by atoms with Crippen molar-refractivity contribution < 1.29 is 27.7 Å². The van der Waals surface area contributed by atoms with Gasteiger partial charge in [-0.3, -0.25) is 0 Å². The third-order valence-electron chi connectivity index (χ3n) is 6.55. The van der Waals surface area contributed by atoms with Gasteiger partial charge in [0.25, 0.3) is 0 Å². The van der Waals surface area contributed by atoms with E-state index in [1.165, 1.54) is 6.66 Å². The van der Waals surface area contributed by atoms with E-state index in [-0.39, 0.29) is 0 Å². The van der Waals surface area contributed by atoms with Crippen molar-refractivity contribution in [1.82, 2.24) is 0 Å². The first-order chi connectivity index (χ1) is 17.4. The van der Waals surface area contributed by atoms with Gasteiger partial charge in [0.05, 0.1) is 0 Å². The van der Waals surface area contributed by atoms with Gasteiger partial charge in [-0.15, -0.1) is 0 Å². The van der Waals surface area contributed by atoms with Gasteiger partial charge in [-0.2, -0.15) is 0 Å². The third kappa shape index (κ3) is 3.16. The van der Waals surface area contributed by atoms with E-state index in [2.05, 4.69) is 0 Å². The van der Waals surface area contributed by atoms with Gasteiger partial charge in [-0.1, -0.05) is 0 Å². The van der Waals surface area contributed by atoms with Crippen molar-refractivity contribution in [3.05, 3.63) is 144 Å². The Morgan fingerprint density at radius 2 is 0.722 bits per heavy atom. The van der Waals surface area contributed by atoms with Gasteiger partial charge in [0.15, 0.2) is 0 Å². The zero-order valence-corrected chi connectivity index (χ0v) is 20.3. The molecule has 2 heterocycles. The van der Waals surface area contributed by atoms with Crippen LogP contribution < -0.4 is 0 Å². The first-order valence-corrected chi connectivity index (χ1v) is 13.9. The summed E-state index contributed by atoms with van der Waals surface area (Å²) in [7, 11) is -4.81. The number of hydrogen-bond donors (Lipinski definition) is 0. The van der Waals surface area contributed by atoms with E-state index in [1.807, 2.05) is 72.8 Å². The van der Waals surface area contributed by atoms with Gasteiger partial charge >= 0.3 is 209 Å². The fraction of sp³-hybridized carbons (Fsp3) is 0.103. The molecule has 6 nitrogen and oxygen atoms in total. The molecule has 6 rings (SSSR count). The molecule has 0 N–H and O–H groups in total. The second kappa shape index (κ2) is 7.84. The molecule has 2 fully saturated rings. The van der Waals surface area contributed by atoms with Crippen LogP contribution in [0.1, 0.15) is 22.3 Å². The van der Waals surface area contributed by atoms with Crippen LogP contribution in [0.5, 0.6) is 0 Å². The second-order valence-electron chi connectivity index (χ2n) is 8.94. The van der Waals surface area contributed by atoms with Crippen molar-refractivity contribution in [2.75, 3.05) is 6.66 Å². The van der Waals surface area contributed by atoms with Gasteiger partial charge in [-0.25, -0.2) is 0 Å². The zero-order valence-electron chi connectivity index (χ0n) is 19.4. The summed E-state index contributed by atoms with van der Waals surface area (Å²) in [5.41, 5.74) is -1.19. The standard InChI is InChI=1S/C29H23O6P/c1-36(32-26(30)28(34-36,22-14-6-2-7-15-22)23-16-8-3-9-17-23)33-27(31)29(35-36,24-18-10-4-11-19-24)25-20-12-5-13-21-25/h2-21H,1H3. The summed E-state index contributed by atoms with van der Waals surface area (Å²) in [5.74, 6) is -1.41. The summed E-state index contributed by atoms with van der Waals surface area (Å²) in [6, 6.07) is 36.1. The number of carbonyl (C=O) groups is 2. The van der Waals surface area contributed by atoms with E-state index >= 15 is 0 Å². The maximum atomic E-state index is 13.9. The molecule has 0 bridgehead atoms. The molecule has 0 saturated carbocycles. The summed E-state index contributed by atoms with van der Waals surface area (Å²) in [6.45, 7) is 1.46. The van der Waals surface area contributed by atoms with E-state index < -0.39 is 30.7 Å². The van der Waals surface area contributed by atoms with Gasteiger partial charge in [0.2, 0.25) is 0 Å². The molecule has 7 heteroatoms. The summed E-state index contributed by atoms with van der Waals surface area (Å²) in [5, 5.41) is 0. The summed E-state index contributed by atoms with van der Waals surface area (Å²) in [6.07, 6.45) is 0. The van der Waals surface area contributed by atoms with Crippen LogP contribution in [0.25, 0.3) is 0 Å². The molecule has 4 aromatic rings. The molecule has 2 saturated heterocycles. The Bertz CT molecular complexity index is 1250. The first-order valence-electron chi connectivity index (χ1n) is 11.5. The topological polar surface area (TPSA) is 71.1 Å². The predicted molar refractivity (Wildman–Crippen MR) is 135 cm³/mol. The maximum absolute atomic E-state index is 13.9. The Morgan fingerprint density at radius 1 is 0.472 bits per heavy atom. The molecular formula is C29H23O6P. The minimum absolute atomic E-state index is 0.543. The van der Waals surface area contributed by atoms with Gasteiger partial charge in [0.1, 0.15) is 0 Å². The van der Waals surface area contributed by atoms with Crippen LogP contribution in [-0.4, -0.2) is 18.6 Å². The van der Waals surface area contributed by atoms with Crippen LogP contribution in [0.15, 0.2) is 121 Å². The molecular weight excluding hydrogens is 475 g/mol. The minimum atomic E-state index is -4.81. The fourth-order valence-electron chi connectivity index (χ4n) is 5.00. The molecule has 4 aromatic carbocycles. The molecule has 36 heavy (non-hydrogen) atoms. The van der Waals surface area contributed by atoms with Crippen molar-refractivity contribution in [3.8, 4) is 0 Å². The van der Waals surface area contributed by atoms with Crippen LogP contribution in [0.2, 0.25) is 0 Å². The van der Waals surface area contributed by atoms with Gasteiger partial charge < -0.3 is 0 Å². The number of carbonyl (C=O) groups excluding carboxylic acids is 2. The number of benzene rings is 4. The summed E-state index contributed by atoms with van der Waals surface area (Å²) >= 11 is 0. The van der Waals surface area contributed by atoms with E-state index in [1.54, 1.807) is 48.5 Å². The van der Waals surface area contributed by atoms with Crippen molar-refractivity contribution in [2.24, 2.45) is 0 Å². The molecule has 0 unspecified atom stereocenters. The molecule has 0 atom stereocenters. The van der Waals surface area contributed by atoms with Crippen LogP contribution in [-0.2, 0) is 38.9 Å². The average Bonchev–Trinajstić information content (AvgIpc) is 3.32. The molecule has 0 amide bonds. The molecule has 1 spiro atoms. The number of rotatable bonds is 4. The van der Waals surface area contributed by atoms with Gasteiger partial charge in [-0.05, 0) is 0 Å². The van der Waals surface area contributed by atoms with Crippen molar-refractivity contribution in [3.63, 3.8) is 0 Å². The van der Waals surface area contributed by atoms with Crippen LogP contribution in [0.4, 0.5) is 0 Å². The Balaban J connectivity index is 1.56. The fourth-order valence-corrected chi connectivity index (χ4v) is 8.01. The van der Waals surface area contributed by atoms with E-state index in [4.69, 9.17) is 18.1 Å². The SMILES string of the molecule is CP12(OC(=O)C(c3ccccc3)(c3ccccc3)O1)OC(=O)C(c1ccccc1)(c1ccccc1)O2. The van der Waals surface area contributed by atoms with Crippen LogP contribution in [0, 0.1) is 0 Å². The molecule has 0 aliphatic carbocycles. The second-order valence-corrected chi connectivity index (χ2v) is 12.0. The quantitative estimate of drug-likeness (QED) is 0.328. The molecule has 0 radical (unpaired) electrons. The van der Waals surface area contributed by atoms with Crippen molar-refractivity contribution in [1.29, 1.82) is 0 Å². The molecule has 0 aromatic heterocycles. The first kappa shape index (κ1) is 22.6. The van der Waals surface area contributed by atoms with Crippen LogP contribution >= 0.6 is 7.51 Å². The van der Waals surface area contributed by atoms with Crippen molar-refractivity contribution >= 4 is 19.4 Å². The third-order valence-corrected chi connectivity index (χ3v) is 9.05. The average molecular weight is 498 g/mol. The Morgan fingerprint density at radius 3 is 0.972 bits per heavy atom. The number of hydrogen-bond acceptors (Lipinski definition) is 6. The monoisotopic (exact) mass is 498 g/mol. The Kier molecular flexibility index (Phi) is 4.92. The molecule has 2 aliphatic rings. The van der Waals surface area contributed by atoms with Gasteiger partial charge in [0, 0.05) is 0 Å². The van der Waals surface area contributed by atoms with E-state index in [9.17, 15) is 9.59 Å². The van der Waals surface area contributed by atoms with Crippen LogP contribution in [0.3, 0.4) is 0 Å². The zero-order chi connectivity index (χ0) is 24.9. The Hall–Kier alpha value is -3.83. The molecule has 180 valence electrons. The summed E-state index contributed by atoms with van der Waals surface area (Å²) < 4.78 is 25.3. The Labute approximate surface area is 208 Å². The van der Waals surface area contributed by atoms with E-state index in [0.29, 0.717) is 22.3 Å². The van der Waals surface area contributed by atoms with Crippen molar-refractivity contribution in [2.45, 2.75) is 11.2 Å². The molecule has 2 aliphatic heterocycles. The van der Waals surface area contributed by atoms with E-state index in [0.717, 1.165) is 0 Å². The normalized spacial score (nSPS) is 21.8.